The maximum atomic E-state index is 12.6. The number of hydrogen-bond donors (Lipinski definition) is 0. The smallest absolute Gasteiger partial charge is 0.273 e. The Labute approximate surface area is 144 Å². The first-order valence-corrected chi connectivity index (χ1v) is 9.72. The van der Waals surface area contributed by atoms with E-state index in [-0.39, 0.29) is 5.91 Å². The van der Waals surface area contributed by atoms with E-state index >= 15 is 0 Å². The van der Waals surface area contributed by atoms with Crippen molar-refractivity contribution in [1.82, 2.24) is 9.88 Å². The molecule has 112 valence electrons. The SMILES string of the molecule is O=C(c1csc(-c2ccc(Cl)s2)n1)N1CCc2sccc2C1. The van der Waals surface area contributed by atoms with E-state index in [4.69, 9.17) is 11.6 Å². The first kappa shape index (κ1) is 14.4. The molecule has 0 saturated heterocycles. The van der Waals surface area contributed by atoms with Crippen LogP contribution in [0.2, 0.25) is 4.34 Å². The van der Waals surface area contributed by atoms with Gasteiger partial charge in [-0.2, -0.15) is 0 Å². The van der Waals surface area contributed by atoms with Crippen LogP contribution in [0.1, 0.15) is 20.9 Å². The summed E-state index contributed by atoms with van der Waals surface area (Å²) in [4.78, 5) is 21.4. The Bertz CT molecular complexity index is 835. The van der Waals surface area contributed by atoms with Crippen molar-refractivity contribution in [3.8, 4) is 9.88 Å². The van der Waals surface area contributed by atoms with Crippen molar-refractivity contribution >= 4 is 51.5 Å². The second-order valence-corrected chi connectivity index (χ2v) is 8.56. The molecule has 3 aromatic heterocycles. The highest BCUT2D eigenvalue weighted by Crippen LogP contribution is 2.33. The summed E-state index contributed by atoms with van der Waals surface area (Å²) in [7, 11) is 0. The molecule has 22 heavy (non-hydrogen) atoms. The second-order valence-electron chi connectivity index (χ2n) is 4.99. The van der Waals surface area contributed by atoms with Gasteiger partial charge in [0.2, 0.25) is 0 Å². The van der Waals surface area contributed by atoms with Crippen LogP contribution < -0.4 is 0 Å². The van der Waals surface area contributed by atoms with Crippen LogP contribution in [0.3, 0.4) is 0 Å². The highest BCUT2D eigenvalue weighted by Gasteiger charge is 2.24. The van der Waals surface area contributed by atoms with Crippen LogP contribution in [-0.4, -0.2) is 22.3 Å². The van der Waals surface area contributed by atoms with Gasteiger partial charge in [0.05, 0.1) is 9.21 Å². The lowest BCUT2D eigenvalue weighted by Gasteiger charge is -2.26. The molecule has 0 N–H and O–H groups in total. The normalized spacial score (nSPS) is 14.1. The summed E-state index contributed by atoms with van der Waals surface area (Å²) >= 11 is 10.7. The van der Waals surface area contributed by atoms with Gasteiger partial charge in [-0.3, -0.25) is 4.79 Å². The number of amides is 1. The summed E-state index contributed by atoms with van der Waals surface area (Å²) in [5, 5.41) is 4.79. The van der Waals surface area contributed by atoms with Gasteiger partial charge in [0, 0.05) is 23.3 Å². The van der Waals surface area contributed by atoms with E-state index < -0.39 is 0 Å². The van der Waals surface area contributed by atoms with Gasteiger partial charge in [-0.05, 0) is 35.6 Å². The molecule has 0 fully saturated rings. The van der Waals surface area contributed by atoms with Crippen LogP contribution in [-0.2, 0) is 13.0 Å². The van der Waals surface area contributed by atoms with Gasteiger partial charge in [0.25, 0.3) is 5.91 Å². The van der Waals surface area contributed by atoms with E-state index in [1.54, 1.807) is 11.3 Å². The maximum Gasteiger partial charge on any atom is 0.273 e. The molecule has 0 aromatic carbocycles. The number of thiazole rings is 1. The maximum absolute atomic E-state index is 12.6. The van der Waals surface area contributed by atoms with Crippen molar-refractivity contribution in [1.29, 1.82) is 0 Å². The minimum Gasteiger partial charge on any atom is -0.333 e. The van der Waals surface area contributed by atoms with Gasteiger partial charge in [-0.25, -0.2) is 4.98 Å². The molecule has 0 radical (unpaired) electrons. The molecule has 0 aliphatic carbocycles. The first-order chi connectivity index (χ1) is 10.7. The van der Waals surface area contributed by atoms with Crippen LogP contribution in [0.5, 0.6) is 0 Å². The van der Waals surface area contributed by atoms with E-state index in [9.17, 15) is 4.79 Å². The topological polar surface area (TPSA) is 33.2 Å². The molecular formula is C15H11ClN2OS3. The number of rotatable bonds is 2. The molecule has 1 aliphatic rings. The third-order valence-corrected chi connectivity index (χ3v) is 6.87. The number of nitrogens with zero attached hydrogens (tertiary/aromatic N) is 2. The fourth-order valence-corrected chi connectivity index (χ4v) is 5.30. The minimum atomic E-state index is 0.0157. The number of hydrogen-bond acceptors (Lipinski definition) is 5. The van der Waals surface area contributed by atoms with Crippen molar-refractivity contribution in [3.63, 3.8) is 0 Å². The van der Waals surface area contributed by atoms with E-state index in [1.165, 1.54) is 33.1 Å². The zero-order valence-electron chi connectivity index (χ0n) is 11.4. The molecular weight excluding hydrogens is 356 g/mol. The van der Waals surface area contributed by atoms with Crippen molar-refractivity contribution in [3.05, 3.63) is 49.4 Å². The monoisotopic (exact) mass is 366 g/mol. The van der Waals surface area contributed by atoms with Crippen LogP contribution in [0.15, 0.2) is 29.0 Å². The van der Waals surface area contributed by atoms with Crippen LogP contribution in [0, 0.1) is 0 Å². The predicted molar refractivity (Wildman–Crippen MR) is 93.2 cm³/mol. The van der Waals surface area contributed by atoms with Gasteiger partial charge in [-0.15, -0.1) is 34.0 Å². The molecule has 0 unspecified atom stereocenters. The lowest BCUT2D eigenvalue weighted by Crippen LogP contribution is -2.35. The third-order valence-electron chi connectivity index (χ3n) is 3.60. The van der Waals surface area contributed by atoms with Gasteiger partial charge in [-0.1, -0.05) is 11.6 Å². The standard InChI is InChI=1S/C15H11ClN2OS3/c16-13-2-1-12(22-13)14-17-10(8-21-14)15(19)18-5-3-11-9(7-18)4-6-20-11/h1-2,4,6,8H,3,5,7H2. The van der Waals surface area contributed by atoms with Crippen LogP contribution >= 0.6 is 45.6 Å². The number of aromatic nitrogens is 1. The second kappa shape index (κ2) is 5.77. The van der Waals surface area contributed by atoms with E-state index in [1.807, 2.05) is 22.4 Å². The Morgan fingerprint density at radius 3 is 3.00 bits per heavy atom. The van der Waals surface area contributed by atoms with Crippen molar-refractivity contribution < 1.29 is 4.79 Å². The lowest BCUT2D eigenvalue weighted by atomic mass is 10.1. The zero-order valence-corrected chi connectivity index (χ0v) is 14.6. The molecule has 3 aromatic rings. The fraction of sp³-hybridized carbons (Fsp3) is 0.200. The molecule has 7 heteroatoms. The van der Waals surface area contributed by atoms with Crippen molar-refractivity contribution in [2.24, 2.45) is 0 Å². The molecule has 0 bridgehead atoms. The number of halogens is 1. The number of carbonyl (C=O) groups is 1. The summed E-state index contributed by atoms with van der Waals surface area (Å²) in [5.41, 5.74) is 1.80. The van der Waals surface area contributed by atoms with Crippen LogP contribution in [0.25, 0.3) is 9.88 Å². The van der Waals surface area contributed by atoms with Crippen molar-refractivity contribution in [2.45, 2.75) is 13.0 Å². The molecule has 1 aliphatic heterocycles. The first-order valence-electron chi connectivity index (χ1n) is 6.76. The zero-order chi connectivity index (χ0) is 15.1. The van der Waals surface area contributed by atoms with E-state index in [2.05, 4.69) is 16.4 Å². The highest BCUT2D eigenvalue weighted by molar-refractivity contribution is 7.23. The number of carbonyl (C=O) groups excluding carboxylic acids is 1. The predicted octanol–water partition coefficient (Wildman–Crippen LogP) is 4.79. The third kappa shape index (κ3) is 2.60. The fourth-order valence-electron chi connectivity index (χ4n) is 2.50. The molecule has 4 rings (SSSR count). The average molecular weight is 367 g/mol. The average Bonchev–Trinajstić information content (AvgIpc) is 3.25. The molecule has 1 amide bonds. The molecule has 0 atom stereocenters. The summed E-state index contributed by atoms with van der Waals surface area (Å²) in [6.45, 7) is 1.46. The Hall–Kier alpha value is -1.21. The lowest BCUT2D eigenvalue weighted by molar-refractivity contribution is 0.0731. The summed E-state index contributed by atoms with van der Waals surface area (Å²) < 4.78 is 0.735. The Morgan fingerprint density at radius 1 is 1.27 bits per heavy atom. The molecule has 0 saturated carbocycles. The Balaban J connectivity index is 1.55. The minimum absolute atomic E-state index is 0.0157. The van der Waals surface area contributed by atoms with Crippen molar-refractivity contribution in [2.75, 3.05) is 6.54 Å². The Kier molecular flexibility index (Phi) is 3.78. The van der Waals surface area contributed by atoms with Crippen LogP contribution in [0.4, 0.5) is 0 Å². The summed E-state index contributed by atoms with van der Waals surface area (Å²) in [6, 6.07) is 5.91. The van der Waals surface area contributed by atoms with Gasteiger partial charge in [0.1, 0.15) is 10.7 Å². The quantitative estimate of drug-likeness (QED) is 0.653. The van der Waals surface area contributed by atoms with Gasteiger partial charge in [0.15, 0.2) is 0 Å². The molecule has 4 heterocycles. The summed E-state index contributed by atoms with van der Waals surface area (Å²) in [5.74, 6) is 0.0157. The van der Waals surface area contributed by atoms with E-state index in [0.717, 1.165) is 27.2 Å². The van der Waals surface area contributed by atoms with Gasteiger partial charge >= 0.3 is 0 Å². The number of fused-ring (bicyclic) bond motifs is 1. The van der Waals surface area contributed by atoms with E-state index in [0.29, 0.717) is 12.2 Å². The Morgan fingerprint density at radius 2 is 2.18 bits per heavy atom. The molecule has 0 spiro atoms. The molecule has 3 nitrogen and oxygen atoms in total. The summed E-state index contributed by atoms with van der Waals surface area (Å²) in [6.07, 6.45) is 0.941. The number of thiophene rings is 2. The van der Waals surface area contributed by atoms with Gasteiger partial charge < -0.3 is 4.90 Å². The highest BCUT2D eigenvalue weighted by atomic mass is 35.5. The largest absolute Gasteiger partial charge is 0.333 e.